The molecule has 0 saturated carbocycles. The zero-order chi connectivity index (χ0) is 12.8. The van der Waals surface area contributed by atoms with Crippen molar-refractivity contribution < 1.29 is 5.11 Å². The highest BCUT2D eigenvalue weighted by atomic mass is 32.1. The molecule has 0 aliphatic carbocycles. The minimum absolute atomic E-state index is 0.567. The molecule has 0 unspecified atom stereocenters. The van der Waals surface area contributed by atoms with Gasteiger partial charge in [-0.3, -0.25) is 0 Å². The van der Waals surface area contributed by atoms with Crippen LogP contribution in [0.5, 0.6) is 0 Å². The largest absolute Gasteiger partial charge is 0.393 e. The maximum absolute atomic E-state index is 9.70. The third-order valence-corrected chi connectivity index (χ3v) is 2.54. The second-order valence-corrected chi connectivity index (χ2v) is 6.00. The molecule has 0 spiro atoms. The lowest BCUT2D eigenvalue weighted by atomic mass is 10.0. The summed E-state index contributed by atoms with van der Waals surface area (Å²) in [5.41, 5.74) is 4.91. The summed E-state index contributed by atoms with van der Waals surface area (Å²) in [4.78, 5) is 2.89. The van der Waals surface area contributed by atoms with Crippen molar-refractivity contribution in [2.75, 3.05) is 19.6 Å². The summed E-state index contributed by atoms with van der Waals surface area (Å²) in [6, 6.07) is 0. The predicted octanol–water partition coefficient (Wildman–Crippen LogP) is 1.78. The van der Waals surface area contributed by atoms with Gasteiger partial charge in [0.15, 0.2) is 0 Å². The van der Waals surface area contributed by atoms with Crippen LogP contribution in [0.4, 0.5) is 0 Å². The Morgan fingerprint density at radius 1 is 1.38 bits per heavy atom. The quantitative estimate of drug-likeness (QED) is 0.641. The molecule has 16 heavy (non-hydrogen) atoms. The van der Waals surface area contributed by atoms with E-state index in [1.165, 1.54) is 0 Å². The highest BCUT2D eigenvalue weighted by molar-refractivity contribution is 7.80. The highest BCUT2D eigenvalue weighted by Gasteiger charge is 2.15. The van der Waals surface area contributed by atoms with Crippen molar-refractivity contribution in [3.8, 4) is 0 Å². The molecule has 3 nitrogen and oxygen atoms in total. The molecular formula is C12H26N2OS. The summed E-state index contributed by atoms with van der Waals surface area (Å²) in [6.45, 7) is 10.9. The summed E-state index contributed by atoms with van der Waals surface area (Å²) in [7, 11) is 0. The molecule has 0 rings (SSSR count). The molecule has 0 aromatic rings. The topological polar surface area (TPSA) is 49.5 Å². The van der Waals surface area contributed by atoms with Gasteiger partial charge in [0.2, 0.25) is 0 Å². The first-order valence-electron chi connectivity index (χ1n) is 5.94. The van der Waals surface area contributed by atoms with E-state index in [1.807, 2.05) is 13.8 Å². The van der Waals surface area contributed by atoms with Gasteiger partial charge in [-0.15, -0.1) is 0 Å². The van der Waals surface area contributed by atoms with E-state index in [-0.39, 0.29) is 0 Å². The molecule has 0 saturated heterocycles. The van der Waals surface area contributed by atoms with Crippen LogP contribution in [0.15, 0.2) is 0 Å². The van der Waals surface area contributed by atoms with Crippen molar-refractivity contribution in [1.82, 2.24) is 4.90 Å². The van der Waals surface area contributed by atoms with E-state index < -0.39 is 5.60 Å². The Kier molecular flexibility index (Phi) is 7.11. The van der Waals surface area contributed by atoms with E-state index in [0.717, 1.165) is 32.5 Å². The van der Waals surface area contributed by atoms with Crippen molar-refractivity contribution >= 4 is 17.2 Å². The molecule has 3 N–H and O–H groups in total. The van der Waals surface area contributed by atoms with Gasteiger partial charge in [-0.05, 0) is 26.2 Å². The number of nitrogens with two attached hydrogens (primary N) is 1. The SMILES string of the molecule is CC(C)CN(CCC(N)=S)CCC(C)(C)O. The van der Waals surface area contributed by atoms with Crippen LogP contribution < -0.4 is 5.73 Å². The molecule has 96 valence electrons. The normalized spacial score (nSPS) is 12.4. The summed E-state index contributed by atoms with van der Waals surface area (Å²) in [5, 5.41) is 9.70. The Bertz CT molecular complexity index is 212. The Balaban J connectivity index is 4.05. The summed E-state index contributed by atoms with van der Waals surface area (Å²) in [5.74, 6) is 0.619. The zero-order valence-electron chi connectivity index (χ0n) is 11.0. The lowest BCUT2D eigenvalue weighted by molar-refractivity contribution is 0.0564. The van der Waals surface area contributed by atoms with E-state index in [2.05, 4.69) is 18.7 Å². The van der Waals surface area contributed by atoms with Gasteiger partial charge in [-0.25, -0.2) is 0 Å². The number of nitrogens with zero attached hydrogens (tertiary/aromatic N) is 1. The Morgan fingerprint density at radius 3 is 2.31 bits per heavy atom. The van der Waals surface area contributed by atoms with Crippen LogP contribution in [0.25, 0.3) is 0 Å². The molecule has 0 heterocycles. The summed E-state index contributed by atoms with van der Waals surface area (Å²) < 4.78 is 0. The molecule has 0 aliphatic rings. The molecule has 0 fully saturated rings. The predicted molar refractivity (Wildman–Crippen MR) is 73.6 cm³/mol. The average Bonchev–Trinajstić information content (AvgIpc) is 2.07. The standard InChI is InChI=1S/C12H26N2OS/c1-10(2)9-14(7-5-11(13)16)8-6-12(3,4)15/h10,15H,5-9H2,1-4H3,(H2,13,16). The van der Waals surface area contributed by atoms with Crippen molar-refractivity contribution in [2.45, 2.75) is 46.1 Å². The van der Waals surface area contributed by atoms with E-state index in [1.54, 1.807) is 0 Å². The maximum atomic E-state index is 9.70. The van der Waals surface area contributed by atoms with Gasteiger partial charge in [0.1, 0.15) is 0 Å². The third kappa shape index (κ3) is 10.3. The van der Waals surface area contributed by atoms with Gasteiger partial charge in [0, 0.05) is 26.1 Å². The number of hydrogen-bond donors (Lipinski definition) is 2. The summed E-state index contributed by atoms with van der Waals surface area (Å²) >= 11 is 4.89. The number of rotatable bonds is 8. The molecule has 0 radical (unpaired) electrons. The van der Waals surface area contributed by atoms with Crippen LogP contribution in [-0.2, 0) is 0 Å². The van der Waals surface area contributed by atoms with Crippen molar-refractivity contribution in [3.63, 3.8) is 0 Å². The monoisotopic (exact) mass is 246 g/mol. The van der Waals surface area contributed by atoms with Crippen LogP contribution >= 0.6 is 12.2 Å². The van der Waals surface area contributed by atoms with Gasteiger partial charge >= 0.3 is 0 Å². The van der Waals surface area contributed by atoms with Gasteiger partial charge in [-0.1, -0.05) is 26.1 Å². The minimum atomic E-state index is -0.599. The Hall–Kier alpha value is -0.190. The Morgan fingerprint density at radius 2 is 1.94 bits per heavy atom. The smallest absolute Gasteiger partial charge is 0.0740 e. The first kappa shape index (κ1) is 15.8. The van der Waals surface area contributed by atoms with Gasteiger partial charge in [0.25, 0.3) is 0 Å². The van der Waals surface area contributed by atoms with Crippen molar-refractivity contribution in [1.29, 1.82) is 0 Å². The molecule has 0 atom stereocenters. The summed E-state index contributed by atoms with van der Waals surface area (Å²) in [6.07, 6.45) is 1.53. The highest BCUT2D eigenvalue weighted by Crippen LogP contribution is 2.10. The molecule has 0 aromatic heterocycles. The van der Waals surface area contributed by atoms with Gasteiger partial charge < -0.3 is 15.7 Å². The molecular weight excluding hydrogens is 220 g/mol. The van der Waals surface area contributed by atoms with E-state index in [4.69, 9.17) is 18.0 Å². The molecule has 0 aromatic carbocycles. The van der Waals surface area contributed by atoms with Crippen LogP contribution in [-0.4, -0.2) is 40.2 Å². The van der Waals surface area contributed by atoms with E-state index in [0.29, 0.717) is 10.9 Å². The maximum Gasteiger partial charge on any atom is 0.0740 e. The average molecular weight is 246 g/mol. The number of hydrogen-bond acceptors (Lipinski definition) is 3. The number of aliphatic hydroxyl groups is 1. The molecule has 0 aliphatic heterocycles. The minimum Gasteiger partial charge on any atom is -0.393 e. The lowest BCUT2D eigenvalue weighted by Gasteiger charge is -2.27. The first-order chi connectivity index (χ1) is 7.20. The fourth-order valence-electron chi connectivity index (χ4n) is 1.51. The van der Waals surface area contributed by atoms with Crippen LogP contribution in [0, 0.1) is 5.92 Å². The number of thiocarbonyl (C=S) groups is 1. The Labute approximate surface area is 105 Å². The van der Waals surface area contributed by atoms with Gasteiger partial charge in [0.05, 0.1) is 10.6 Å². The van der Waals surface area contributed by atoms with Crippen molar-refractivity contribution in [2.24, 2.45) is 11.7 Å². The first-order valence-corrected chi connectivity index (χ1v) is 6.34. The van der Waals surface area contributed by atoms with E-state index >= 15 is 0 Å². The van der Waals surface area contributed by atoms with Gasteiger partial charge in [-0.2, -0.15) is 0 Å². The fraction of sp³-hybridized carbons (Fsp3) is 0.917. The fourth-order valence-corrected chi connectivity index (χ4v) is 1.60. The van der Waals surface area contributed by atoms with Crippen LogP contribution in [0.3, 0.4) is 0 Å². The lowest BCUT2D eigenvalue weighted by Crippen LogP contribution is -2.35. The molecule has 4 heteroatoms. The second kappa shape index (κ2) is 7.20. The zero-order valence-corrected chi connectivity index (χ0v) is 11.8. The molecule has 0 bridgehead atoms. The van der Waals surface area contributed by atoms with E-state index in [9.17, 15) is 5.11 Å². The second-order valence-electron chi connectivity index (χ2n) is 5.47. The van der Waals surface area contributed by atoms with Crippen molar-refractivity contribution in [3.05, 3.63) is 0 Å². The van der Waals surface area contributed by atoms with Crippen LogP contribution in [0.2, 0.25) is 0 Å². The third-order valence-electron chi connectivity index (χ3n) is 2.34. The molecule has 0 amide bonds. The van der Waals surface area contributed by atoms with Crippen LogP contribution in [0.1, 0.15) is 40.5 Å².